The molecule has 0 amide bonds. The van der Waals surface area contributed by atoms with Gasteiger partial charge in [-0.25, -0.2) is 22.9 Å². The second-order valence-electron chi connectivity index (χ2n) is 17.0. The first-order valence-electron chi connectivity index (χ1n) is 20.8. The van der Waals surface area contributed by atoms with E-state index in [1.165, 1.54) is 6.07 Å². The van der Waals surface area contributed by atoms with Crippen molar-refractivity contribution in [2.24, 2.45) is 0 Å². The monoisotopic (exact) mass is 813 g/mol. The Bertz CT molecular complexity index is 2810. The van der Waals surface area contributed by atoms with Crippen LogP contribution in [-0.4, -0.2) is 80.8 Å². The number of nitrogens with two attached hydrogens (primary N) is 1. The quantitative estimate of drug-likeness (QED) is 0.128. The zero-order chi connectivity index (χ0) is 40.9. The number of aromatic nitrogens is 3. The zero-order valence-corrected chi connectivity index (χ0v) is 32.8. The molecule has 11 rings (SSSR count). The number of pyridine rings is 1. The van der Waals surface area contributed by atoms with Gasteiger partial charge in [-0.1, -0.05) is 42.3 Å². The summed E-state index contributed by atoms with van der Waals surface area (Å²) in [6.45, 7) is 2.26. The third kappa shape index (κ3) is 5.88. The van der Waals surface area contributed by atoms with Gasteiger partial charge in [0.05, 0.1) is 28.7 Å². The van der Waals surface area contributed by atoms with E-state index in [2.05, 4.69) is 20.6 Å². The van der Waals surface area contributed by atoms with Gasteiger partial charge < -0.3 is 24.2 Å². The molecule has 3 aromatic carbocycles. The predicted octanol–water partition coefficient (Wildman–Crippen LogP) is 7.41. The summed E-state index contributed by atoms with van der Waals surface area (Å²) in [7, 11) is 0. The molecule has 3 aromatic heterocycles. The molecule has 5 aliphatic heterocycles. The van der Waals surface area contributed by atoms with Crippen LogP contribution in [0.1, 0.15) is 62.0 Å². The SMILES string of the molecule is C#Cc1c(F)ccc2cc(N)cc(-c3nc4c5c(nc(OC[C@@]67CCCN6C[C@H](F)C7)nc5c3F)N3C[C@H]5CC[C@@H]([C@H]3CCC4)N5Cc3oc(=O)oc3-c3ccccc3)c12. The lowest BCUT2D eigenvalue weighted by Crippen LogP contribution is -2.60. The minimum absolute atomic E-state index is 0.00222. The smallest absolute Gasteiger partial charge is 0.461 e. The molecule has 2 bridgehead atoms. The van der Waals surface area contributed by atoms with Crippen molar-refractivity contribution in [3.63, 3.8) is 0 Å². The summed E-state index contributed by atoms with van der Waals surface area (Å²) in [5.74, 6) is 1.83. The van der Waals surface area contributed by atoms with Crippen LogP contribution < -0.4 is 21.2 Å². The third-order valence-corrected chi connectivity index (χ3v) is 13.7. The number of hydrogen-bond acceptors (Lipinski definition) is 11. The van der Waals surface area contributed by atoms with Crippen LogP contribution in [0.4, 0.5) is 24.7 Å². The lowest BCUT2D eigenvalue weighted by atomic mass is 9.92. The maximum absolute atomic E-state index is 17.6. The summed E-state index contributed by atoms with van der Waals surface area (Å²) < 4.78 is 65.4. The Kier molecular flexibility index (Phi) is 8.72. The van der Waals surface area contributed by atoms with Gasteiger partial charge in [-0.2, -0.15) is 9.97 Å². The standard InChI is InChI=1S/C46H42F3N7O4/c1-2-30-32(48)14-12-26-18-28(50)19-31(37(26)30)40-39(49)41-38-33(51-40)10-6-11-34-35-15-13-29(55(35)23-36-42(60-45(57)59-36)25-8-4-3-5-9-25)22-56(34)43(38)53-44(52-41)58-24-46-16-7-17-54(46)21-27(47)20-46/h1,3-5,8-9,12,14,18-19,27,29,34-35H,6-7,10-11,13,15-17,20-24,50H2/t27-,29-,34-,35+,46+/m1/s1. The Morgan fingerprint density at radius 3 is 2.70 bits per heavy atom. The van der Waals surface area contributed by atoms with E-state index in [1.54, 1.807) is 18.2 Å². The minimum Gasteiger partial charge on any atom is -0.461 e. The van der Waals surface area contributed by atoms with Crippen molar-refractivity contribution in [2.45, 2.75) is 87.7 Å². The number of ether oxygens (including phenoxy) is 1. The van der Waals surface area contributed by atoms with Crippen molar-refractivity contribution in [1.82, 2.24) is 24.8 Å². The lowest BCUT2D eigenvalue weighted by Gasteiger charge is -2.48. The van der Waals surface area contributed by atoms with E-state index in [0.717, 1.165) is 50.6 Å². The minimum atomic E-state index is -0.953. The van der Waals surface area contributed by atoms with Crippen molar-refractivity contribution in [3.8, 4) is 40.9 Å². The summed E-state index contributed by atoms with van der Waals surface area (Å²) >= 11 is 0. The molecule has 14 heteroatoms. The largest absolute Gasteiger partial charge is 0.519 e. The highest BCUT2D eigenvalue weighted by molar-refractivity contribution is 6.04. The first-order chi connectivity index (χ1) is 29.2. The average molecular weight is 814 g/mol. The fourth-order valence-corrected chi connectivity index (χ4v) is 11.1. The van der Waals surface area contributed by atoms with Crippen LogP contribution in [0, 0.1) is 24.0 Å². The van der Waals surface area contributed by atoms with Crippen LogP contribution in [0.3, 0.4) is 0 Å². The number of aryl methyl sites for hydroxylation is 1. The molecule has 11 nitrogen and oxygen atoms in total. The van der Waals surface area contributed by atoms with Gasteiger partial charge in [0.15, 0.2) is 17.3 Å². The second kappa shape index (κ2) is 14.1. The number of rotatable bonds is 7. The highest BCUT2D eigenvalue weighted by Crippen LogP contribution is 2.46. The van der Waals surface area contributed by atoms with E-state index in [-0.39, 0.29) is 53.1 Å². The van der Waals surface area contributed by atoms with Crippen molar-refractivity contribution in [2.75, 3.05) is 36.9 Å². The topological polar surface area (TPSA) is 127 Å². The molecule has 4 saturated heterocycles. The first kappa shape index (κ1) is 37.1. The van der Waals surface area contributed by atoms with E-state index in [1.807, 2.05) is 30.3 Å². The number of halogens is 3. The van der Waals surface area contributed by atoms with E-state index in [9.17, 15) is 9.18 Å². The number of nitrogens with zero attached hydrogens (tertiary/aromatic N) is 6. The number of anilines is 2. The maximum Gasteiger partial charge on any atom is 0.519 e. The summed E-state index contributed by atoms with van der Waals surface area (Å²) in [6, 6.07) is 15.7. The van der Waals surface area contributed by atoms with Crippen LogP contribution in [-0.2, 0) is 13.0 Å². The van der Waals surface area contributed by atoms with Gasteiger partial charge in [-0.05, 0) is 75.1 Å². The molecule has 0 radical (unpaired) electrons. The molecule has 0 saturated carbocycles. The molecule has 4 fully saturated rings. The molecule has 0 spiro atoms. The van der Waals surface area contributed by atoms with Crippen molar-refractivity contribution in [3.05, 3.63) is 93.9 Å². The van der Waals surface area contributed by atoms with E-state index in [0.29, 0.717) is 77.4 Å². The summed E-state index contributed by atoms with van der Waals surface area (Å²) in [4.78, 5) is 34.2. The number of fused-ring (bicyclic) bond motifs is 7. The lowest BCUT2D eigenvalue weighted by molar-refractivity contribution is 0.106. The second-order valence-corrected chi connectivity index (χ2v) is 17.0. The zero-order valence-electron chi connectivity index (χ0n) is 32.8. The van der Waals surface area contributed by atoms with Gasteiger partial charge in [-0.3, -0.25) is 9.80 Å². The Hall–Kier alpha value is -5.91. The van der Waals surface area contributed by atoms with E-state index < -0.39 is 29.2 Å². The van der Waals surface area contributed by atoms with Crippen LogP contribution in [0.2, 0.25) is 0 Å². The molecule has 60 heavy (non-hydrogen) atoms. The van der Waals surface area contributed by atoms with Gasteiger partial charge in [0, 0.05) is 59.8 Å². The molecular weight excluding hydrogens is 772 g/mol. The van der Waals surface area contributed by atoms with Crippen LogP contribution >= 0.6 is 0 Å². The van der Waals surface area contributed by atoms with Gasteiger partial charge >= 0.3 is 11.8 Å². The third-order valence-electron chi connectivity index (χ3n) is 13.7. The normalized spacial score (nSPS) is 25.0. The number of piperazine rings is 1. The van der Waals surface area contributed by atoms with Crippen molar-refractivity contribution in [1.29, 1.82) is 0 Å². The van der Waals surface area contributed by atoms with Gasteiger partial charge in [0.1, 0.15) is 35.6 Å². The Morgan fingerprint density at radius 2 is 1.85 bits per heavy atom. The van der Waals surface area contributed by atoms with E-state index >= 15 is 8.78 Å². The van der Waals surface area contributed by atoms with Crippen LogP contribution in [0.5, 0.6) is 6.01 Å². The summed E-state index contributed by atoms with van der Waals surface area (Å²) in [6.07, 6.45) is 10.8. The van der Waals surface area contributed by atoms with E-state index in [4.69, 9.17) is 40.7 Å². The highest BCUT2D eigenvalue weighted by atomic mass is 19.1. The number of terminal acetylenes is 1. The van der Waals surface area contributed by atoms with Gasteiger partial charge in [-0.15, -0.1) is 6.42 Å². The average Bonchev–Trinajstić information content (AvgIpc) is 3.97. The number of alkyl halides is 1. The van der Waals surface area contributed by atoms with Gasteiger partial charge in [0.2, 0.25) is 0 Å². The fraction of sp³-hybridized carbons (Fsp3) is 0.391. The highest BCUT2D eigenvalue weighted by Gasteiger charge is 2.50. The summed E-state index contributed by atoms with van der Waals surface area (Å²) in [5.41, 5.74) is 7.85. The molecule has 306 valence electrons. The van der Waals surface area contributed by atoms with Crippen LogP contribution in [0.15, 0.2) is 68.2 Å². The molecule has 5 atom stereocenters. The Labute approximate surface area is 343 Å². The maximum atomic E-state index is 17.6. The molecular formula is C46H42F3N7O4. The Balaban J connectivity index is 1.04. The molecule has 6 aromatic rings. The van der Waals surface area contributed by atoms with Crippen molar-refractivity contribution < 1.29 is 26.7 Å². The molecule has 0 aliphatic carbocycles. The number of nitrogen functional groups attached to an aromatic ring is 1. The van der Waals surface area contributed by atoms with Crippen LogP contribution in [0.25, 0.3) is 44.3 Å². The molecule has 0 unspecified atom stereocenters. The number of benzene rings is 3. The first-order valence-corrected chi connectivity index (χ1v) is 20.8. The molecule has 2 N–H and O–H groups in total. The fourth-order valence-electron chi connectivity index (χ4n) is 11.1. The summed E-state index contributed by atoms with van der Waals surface area (Å²) in [5, 5.41) is 1.39. The van der Waals surface area contributed by atoms with Crippen molar-refractivity contribution >= 4 is 33.2 Å². The Morgan fingerprint density at radius 1 is 0.983 bits per heavy atom. The molecule has 5 aliphatic rings. The number of hydrogen-bond donors (Lipinski definition) is 1. The van der Waals surface area contributed by atoms with Gasteiger partial charge in [0.25, 0.3) is 0 Å². The predicted molar refractivity (Wildman–Crippen MR) is 220 cm³/mol. The molecule has 8 heterocycles.